The SMILES string of the molecule is Cc1cc(C)c(C(Cl)C2CCS(=O)(=O)C2)cc1C. The zero-order valence-electron chi connectivity index (χ0n) is 11.0. The molecule has 1 aliphatic rings. The Morgan fingerprint density at radius 2 is 1.78 bits per heavy atom. The zero-order valence-corrected chi connectivity index (χ0v) is 12.6. The molecule has 1 aromatic carbocycles. The monoisotopic (exact) mass is 286 g/mol. The number of rotatable bonds is 2. The van der Waals surface area contributed by atoms with Crippen LogP contribution in [-0.2, 0) is 9.84 Å². The molecular formula is C14H19ClO2S. The van der Waals surface area contributed by atoms with Crippen molar-refractivity contribution < 1.29 is 8.42 Å². The van der Waals surface area contributed by atoms with Gasteiger partial charge < -0.3 is 0 Å². The molecule has 1 heterocycles. The molecule has 0 aliphatic carbocycles. The fraction of sp³-hybridized carbons (Fsp3) is 0.571. The number of benzene rings is 1. The number of alkyl halides is 1. The summed E-state index contributed by atoms with van der Waals surface area (Å²) >= 11 is 6.50. The number of hydrogen-bond acceptors (Lipinski definition) is 2. The standard InChI is InChI=1S/C14H19ClO2S/c1-9-6-11(3)13(7-10(9)2)14(15)12-4-5-18(16,17)8-12/h6-7,12,14H,4-5,8H2,1-3H3. The molecule has 0 saturated carbocycles. The Labute approximate surface area is 114 Å². The zero-order chi connectivity index (χ0) is 13.5. The van der Waals surface area contributed by atoms with Gasteiger partial charge in [0.15, 0.2) is 9.84 Å². The van der Waals surface area contributed by atoms with Crippen LogP contribution in [0.15, 0.2) is 12.1 Å². The fourth-order valence-electron chi connectivity index (χ4n) is 2.59. The Balaban J connectivity index is 2.30. The smallest absolute Gasteiger partial charge is 0.150 e. The Bertz CT molecular complexity index is 563. The van der Waals surface area contributed by atoms with Crippen LogP contribution in [0.4, 0.5) is 0 Å². The molecule has 0 amide bonds. The van der Waals surface area contributed by atoms with E-state index in [1.165, 1.54) is 11.1 Å². The molecular weight excluding hydrogens is 268 g/mol. The minimum atomic E-state index is -2.86. The van der Waals surface area contributed by atoms with E-state index in [0.717, 1.165) is 11.1 Å². The van der Waals surface area contributed by atoms with Crippen molar-refractivity contribution in [1.29, 1.82) is 0 Å². The van der Waals surface area contributed by atoms with Gasteiger partial charge in [0.25, 0.3) is 0 Å². The van der Waals surface area contributed by atoms with E-state index in [1.54, 1.807) is 0 Å². The van der Waals surface area contributed by atoms with Crippen molar-refractivity contribution >= 4 is 21.4 Å². The van der Waals surface area contributed by atoms with Crippen molar-refractivity contribution in [2.24, 2.45) is 5.92 Å². The number of hydrogen-bond donors (Lipinski definition) is 0. The second-order valence-electron chi connectivity index (χ2n) is 5.36. The summed E-state index contributed by atoms with van der Waals surface area (Å²) in [5, 5.41) is -0.193. The van der Waals surface area contributed by atoms with Gasteiger partial charge in [0.2, 0.25) is 0 Å². The van der Waals surface area contributed by atoms with Gasteiger partial charge in [-0.05, 0) is 55.4 Å². The molecule has 1 aromatic rings. The van der Waals surface area contributed by atoms with E-state index < -0.39 is 9.84 Å². The van der Waals surface area contributed by atoms with Gasteiger partial charge in [-0.1, -0.05) is 12.1 Å². The maximum absolute atomic E-state index is 11.5. The van der Waals surface area contributed by atoms with Gasteiger partial charge in [-0.2, -0.15) is 0 Å². The summed E-state index contributed by atoms with van der Waals surface area (Å²) in [6.07, 6.45) is 0.683. The van der Waals surface area contributed by atoms with Gasteiger partial charge in [-0.25, -0.2) is 8.42 Å². The summed E-state index contributed by atoms with van der Waals surface area (Å²) in [5.74, 6) is 0.565. The first kappa shape index (κ1) is 13.9. The van der Waals surface area contributed by atoms with Crippen molar-refractivity contribution in [2.75, 3.05) is 11.5 Å². The third-order valence-electron chi connectivity index (χ3n) is 3.86. The van der Waals surface area contributed by atoms with E-state index in [9.17, 15) is 8.42 Å². The van der Waals surface area contributed by atoms with Gasteiger partial charge in [0.1, 0.15) is 0 Å². The highest BCUT2D eigenvalue weighted by molar-refractivity contribution is 7.91. The average molecular weight is 287 g/mol. The van der Waals surface area contributed by atoms with E-state index >= 15 is 0 Å². The summed E-state index contributed by atoms with van der Waals surface area (Å²) < 4.78 is 23.0. The molecule has 0 bridgehead atoms. The van der Waals surface area contributed by atoms with E-state index in [0.29, 0.717) is 6.42 Å². The third-order valence-corrected chi connectivity index (χ3v) is 6.25. The average Bonchev–Trinajstić information content (AvgIpc) is 2.63. The summed E-state index contributed by atoms with van der Waals surface area (Å²) in [6.45, 7) is 6.18. The quantitative estimate of drug-likeness (QED) is 0.782. The van der Waals surface area contributed by atoms with Gasteiger partial charge in [-0.3, -0.25) is 0 Å². The van der Waals surface area contributed by atoms with Crippen molar-refractivity contribution in [3.63, 3.8) is 0 Å². The lowest BCUT2D eigenvalue weighted by Gasteiger charge is -2.19. The van der Waals surface area contributed by atoms with Gasteiger partial charge in [0.05, 0.1) is 16.9 Å². The van der Waals surface area contributed by atoms with Gasteiger partial charge in [0, 0.05) is 0 Å². The lowest BCUT2D eigenvalue weighted by Crippen LogP contribution is -2.11. The molecule has 2 unspecified atom stereocenters. The lowest BCUT2D eigenvalue weighted by atomic mass is 9.92. The summed E-state index contributed by atoms with van der Waals surface area (Å²) in [7, 11) is -2.86. The van der Waals surface area contributed by atoms with E-state index in [4.69, 9.17) is 11.6 Å². The molecule has 2 nitrogen and oxygen atoms in total. The van der Waals surface area contributed by atoms with Gasteiger partial charge in [-0.15, -0.1) is 11.6 Å². The normalized spacial score (nSPS) is 24.1. The Morgan fingerprint density at radius 3 is 2.33 bits per heavy atom. The second-order valence-corrected chi connectivity index (χ2v) is 8.06. The molecule has 0 aromatic heterocycles. The number of sulfone groups is 1. The molecule has 0 N–H and O–H groups in total. The first-order valence-electron chi connectivity index (χ1n) is 6.22. The largest absolute Gasteiger partial charge is 0.229 e. The number of aryl methyl sites for hydroxylation is 3. The van der Waals surface area contributed by atoms with Crippen LogP contribution in [0.5, 0.6) is 0 Å². The summed E-state index contributed by atoms with van der Waals surface area (Å²) in [5.41, 5.74) is 4.70. The van der Waals surface area contributed by atoms with E-state index in [1.807, 2.05) is 6.92 Å². The molecule has 0 radical (unpaired) electrons. The van der Waals surface area contributed by atoms with Crippen LogP contribution in [0.25, 0.3) is 0 Å². The van der Waals surface area contributed by atoms with Crippen LogP contribution >= 0.6 is 11.6 Å². The molecule has 2 rings (SSSR count). The maximum Gasteiger partial charge on any atom is 0.150 e. The second kappa shape index (κ2) is 4.86. The molecule has 1 saturated heterocycles. The van der Waals surface area contributed by atoms with Crippen molar-refractivity contribution in [2.45, 2.75) is 32.6 Å². The molecule has 2 atom stereocenters. The highest BCUT2D eigenvalue weighted by Crippen LogP contribution is 2.38. The predicted octanol–water partition coefficient (Wildman–Crippen LogP) is 3.33. The molecule has 100 valence electrons. The summed E-state index contributed by atoms with van der Waals surface area (Å²) in [4.78, 5) is 0. The van der Waals surface area contributed by atoms with Crippen molar-refractivity contribution in [1.82, 2.24) is 0 Å². The van der Waals surface area contributed by atoms with E-state index in [-0.39, 0.29) is 22.8 Å². The maximum atomic E-state index is 11.5. The highest BCUT2D eigenvalue weighted by Gasteiger charge is 2.34. The molecule has 1 fully saturated rings. The van der Waals surface area contributed by atoms with Crippen LogP contribution in [0.2, 0.25) is 0 Å². The molecule has 0 spiro atoms. The first-order chi connectivity index (χ1) is 8.30. The van der Waals surface area contributed by atoms with Crippen LogP contribution in [0, 0.1) is 26.7 Å². The van der Waals surface area contributed by atoms with E-state index in [2.05, 4.69) is 26.0 Å². The third kappa shape index (κ3) is 2.72. The van der Waals surface area contributed by atoms with Crippen LogP contribution in [0.1, 0.15) is 34.1 Å². The van der Waals surface area contributed by atoms with Crippen LogP contribution in [0.3, 0.4) is 0 Å². The predicted molar refractivity (Wildman–Crippen MR) is 76.0 cm³/mol. The topological polar surface area (TPSA) is 34.1 Å². The Hall–Kier alpha value is -0.540. The number of halogens is 1. The molecule has 4 heteroatoms. The lowest BCUT2D eigenvalue weighted by molar-refractivity contribution is 0.567. The first-order valence-corrected chi connectivity index (χ1v) is 8.48. The van der Waals surface area contributed by atoms with Crippen LogP contribution < -0.4 is 0 Å². The Kier molecular flexibility index (Phi) is 3.75. The van der Waals surface area contributed by atoms with Gasteiger partial charge >= 0.3 is 0 Å². The van der Waals surface area contributed by atoms with Crippen molar-refractivity contribution in [3.8, 4) is 0 Å². The molecule has 1 aliphatic heterocycles. The van der Waals surface area contributed by atoms with Crippen molar-refractivity contribution in [3.05, 3.63) is 34.4 Å². The minimum Gasteiger partial charge on any atom is -0.229 e. The molecule has 18 heavy (non-hydrogen) atoms. The Morgan fingerprint density at radius 1 is 1.17 bits per heavy atom. The minimum absolute atomic E-state index is 0.0532. The van der Waals surface area contributed by atoms with Crippen LogP contribution in [-0.4, -0.2) is 19.9 Å². The fourth-order valence-corrected chi connectivity index (χ4v) is 4.98. The summed E-state index contributed by atoms with van der Waals surface area (Å²) in [6, 6.07) is 4.23. The highest BCUT2D eigenvalue weighted by atomic mass is 35.5.